The van der Waals surface area contributed by atoms with Gasteiger partial charge < -0.3 is 25.2 Å². The summed E-state index contributed by atoms with van der Waals surface area (Å²) >= 11 is 0. The molecule has 0 amide bonds. The van der Waals surface area contributed by atoms with Gasteiger partial charge in [0.15, 0.2) is 17.6 Å². The van der Waals surface area contributed by atoms with E-state index in [-0.39, 0.29) is 11.9 Å². The molecule has 10 nitrogen and oxygen atoms in total. The molecule has 5 N–H and O–H groups in total. The van der Waals surface area contributed by atoms with Gasteiger partial charge in [0.2, 0.25) is 0 Å². The Morgan fingerprint density at radius 2 is 1.80 bits per heavy atom. The molecule has 0 spiro atoms. The molecule has 1 aliphatic rings. The number of nitrogen functional groups attached to an aromatic ring is 1. The number of ether oxygens (including phenoxy) is 2. The van der Waals surface area contributed by atoms with Crippen LogP contribution in [0, 0.1) is 24.7 Å². The third-order valence-corrected chi connectivity index (χ3v) is 7.55. The van der Waals surface area contributed by atoms with E-state index in [1.807, 2.05) is 65.8 Å². The molecule has 1 aliphatic heterocycles. The molecule has 1 unspecified atom stereocenters. The first-order chi connectivity index (χ1) is 19.1. The lowest BCUT2D eigenvalue weighted by molar-refractivity contribution is -0.144. The van der Waals surface area contributed by atoms with Crippen molar-refractivity contribution in [2.24, 2.45) is 5.73 Å². The number of nitrogens with one attached hydrogen (secondary N) is 2. The quantitative estimate of drug-likeness (QED) is 0.194. The SMILES string of the molecule is CC(=N)N1CCC(Oc2cc3c(nc(C)n3-c3ccc(C(=N)N)c4ccccc34)c(C)c2OC(C)C(=O)O)CC1. The predicted molar refractivity (Wildman–Crippen MR) is 155 cm³/mol. The van der Waals surface area contributed by atoms with E-state index in [4.69, 9.17) is 31.0 Å². The van der Waals surface area contributed by atoms with E-state index in [9.17, 15) is 9.90 Å². The summed E-state index contributed by atoms with van der Waals surface area (Å²) in [5.41, 5.74) is 9.60. The predicted octanol–water partition coefficient (Wildman–Crippen LogP) is 4.77. The van der Waals surface area contributed by atoms with Gasteiger partial charge >= 0.3 is 5.97 Å². The summed E-state index contributed by atoms with van der Waals surface area (Å²) < 4.78 is 14.5. The number of imidazole rings is 1. The molecule has 1 saturated heterocycles. The fourth-order valence-electron chi connectivity index (χ4n) is 5.41. The summed E-state index contributed by atoms with van der Waals surface area (Å²) in [6, 6.07) is 13.5. The van der Waals surface area contributed by atoms with Gasteiger partial charge in [-0.3, -0.25) is 15.4 Å². The molecule has 4 aromatic rings. The molecule has 5 rings (SSSR count). The maximum atomic E-state index is 11.7. The van der Waals surface area contributed by atoms with E-state index in [2.05, 4.69) is 0 Å². The topological polar surface area (TPSA) is 151 Å². The number of piperidine rings is 1. The van der Waals surface area contributed by atoms with E-state index in [0.717, 1.165) is 40.6 Å². The van der Waals surface area contributed by atoms with Crippen molar-refractivity contribution in [2.75, 3.05) is 13.1 Å². The lowest BCUT2D eigenvalue weighted by Crippen LogP contribution is -2.40. The number of aromatic nitrogens is 2. The second-order valence-corrected chi connectivity index (χ2v) is 10.3. The number of amidine groups is 2. The highest BCUT2D eigenvalue weighted by Crippen LogP contribution is 2.41. The molecule has 0 saturated carbocycles. The van der Waals surface area contributed by atoms with Gasteiger partial charge in [-0.15, -0.1) is 0 Å². The second-order valence-electron chi connectivity index (χ2n) is 10.3. The third kappa shape index (κ3) is 4.81. The summed E-state index contributed by atoms with van der Waals surface area (Å²) in [5, 5.41) is 27.3. The van der Waals surface area contributed by atoms with Crippen LogP contribution in [0.1, 0.15) is 43.6 Å². The zero-order valence-corrected chi connectivity index (χ0v) is 23.1. The number of hydrogen-bond acceptors (Lipinski definition) is 6. The van der Waals surface area contributed by atoms with Crippen LogP contribution in [0.25, 0.3) is 27.5 Å². The zero-order valence-electron chi connectivity index (χ0n) is 23.1. The van der Waals surface area contributed by atoms with Crippen LogP contribution in [0.4, 0.5) is 0 Å². The van der Waals surface area contributed by atoms with Crippen LogP contribution in [-0.4, -0.2) is 62.5 Å². The van der Waals surface area contributed by atoms with Crippen LogP contribution < -0.4 is 15.2 Å². The van der Waals surface area contributed by atoms with Crippen molar-refractivity contribution in [3.05, 3.63) is 59.4 Å². The number of aliphatic carboxylic acids is 1. The number of likely N-dealkylation sites (tertiary alicyclic amines) is 1. The smallest absolute Gasteiger partial charge is 0.344 e. The standard InChI is InChI=1S/C30H34N6O4/c1-16-27-25(36(19(4)34-27)24-10-9-23(29(32)33)21-7-5-6-8-22(21)24)15-26(28(16)39-17(2)30(37)38)40-20-11-13-35(14-12-20)18(3)31/h5-10,15,17,20,31H,11-14H2,1-4H3,(H3,32,33)(H,37,38). The fraction of sp³-hybridized carbons (Fsp3) is 0.333. The Kier molecular flexibility index (Phi) is 7.10. The van der Waals surface area contributed by atoms with E-state index in [0.29, 0.717) is 47.1 Å². The Morgan fingerprint density at radius 1 is 1.12 bits per heavy atom. The maximum absolute atomic E-state index is 11.7. The molecule has 1 atom stereocenters. The van der Waals surface area contributed by atoms with Gasteiger partial charge in [0, 0.05) is 48.5 Å². The molecule has 40 heavy (non-hydrogen) atoms. The molecule has 208 valence electrons. The lowest BCUT2D eigenvalue weighted by Gasteiger charge is -2.33. The molecule has 3 aromatic carbocycles. The van der Waals surface area contributed by atoms with Crippen molar-refractivity contribution in [1.29, 1.82) is 10.8 Å². The Hall–Kier alpha value is -4.60. The summed E-state index contributed by atoms with van der Waals surface area (Å²) in [4.78, 5) is 18.6. The van der Waals surface area contributed by atoms with Crippen LogP contribution in [0.3, 0.4) is 0 Å². The number of aryl methyl sites for hydroxylation is 2. The lowest BCUT2D eigenvalue weighted by atomic mass is 10.0. The molecule has 0 radical (unpaired) electrons. The number of nitrogens with zero attached hydrogens (tertiary/aromatic N) is 3. The van der Waals surface area contributed by atoms with E-state index in [1.165, 1.54) is 6.92 Å². The highest BCUT2D eigenvalue weighted by molar-refractivity contribution is 6.10. The van der Waals surface area contributed by atoms with Gasteiger partial charge in [-0.2, -0.15) is 0 Å². The van der Waals surface area contributed by atoms with Gasteiger partial charge in [0.1, 0.15) is 17.8 Å². The Bertz CT molecular complexity index is 1650. The summed E-state index contributed by atoms with van der Waals surface area (Å²) in [5.74, 6) is 1.04. The largest absolute Gasteiger partial charge is 0.486 e. The Labute approximate surface area is 232 Å². The molecule has 0 bridgehead atoms. The fourth-order valence-corrected chi connectivity index (χ4v) is 5.41. The molecular formula is C30H34N6O4. The van der Waals surface area contributed by atoms with Crippen molar-refractivity contribution in [1.82, 2.24) is 14.5 Å². The van der Waals surface area contributed by atoms with Gasteiger partial charge in [0.05, 0.1) is 22.6 Å². The summed E-state index contributed by atoms with van der Waals surface area (Å²) in [7, 11) is 0. The number of carbonyl (C=O) groups is 1. The van der Waals surface area contributed by atoms with Crippen LogP contribution in [-0.2, 0) is 4.79 Å². The van der Waals surface area contributed by atoms with Crippen molar-refractivity contribution in [3.63, 3.8) is 0 Å². The van der Waals surface area contributed by atoms with Crippen LogP contribution in [0.2, 0.25) is 0 Å². The number of carboxylic acid groups (broad SMARTS) is 1. The summed E-state index contributed by atoms with van der Waals surface area (Å²) in [6.45, 7) is 8.50. The molecule has 0 aliphatic carbocycles. The third-order valence-electron chi connectivity index (χ3n) is 7.55. The first-order valence-electron chi connectivity index (χ1n) is 13.3. The number of fused-ring (bicyclic) bond motifs is 2. The van der Waals surface area contributed by atoms with E-state index in [1.54, 1.807) is 6.92 Å². The highest BCUT2D eigenvalue weighted by atomic mass is 16.5. The number of carboxylic acids is 1. The zero-order chi connectivity index (χ0) is 28.7. The van der Waals surface area contributed by atoms with Gasteiger partial charge in [0.25, 0.3) is 0 Å². The molecular weight excluding hydrogens is 508 g/mol. The van der Waals surface area contributed by atoms with Crippen molar-refractivity contribution < 1.29 is 19.4 Å². The highest BCUT2D eigenvalue weighted by Gasteiger charge is 2.27. The number of nitrogens with two attached hydrogens (primary N) is 1. The van der Waals surface area contributed by atoms with Crippen molar-refractivity contribution >= 4 is 39.4 Å². The first-order valence-corrected chi connectivity index (χ1v) is 13.3. The van der Waals surface area contributed by atoms with Gasteiger partial charge in [-0.25, -0.2) is 9.78 Å². The number of hydrogen-bond donors (Lipinski definition) is 4. The van der Waals surface area contributed by atoms with Crippen LogP contribution in [0.5, 0.6) is 11.5 Å². The molecule has 1 fully saturated rings. The minimum Gasteiger partial charge on any atom is -0.486 e. The Morgan fingerprint density at radius 3 is 2.42 bits per heavy atom. The summed E-state index contributed by atoms with van der Waals surface area (Å²) in [6.07, 6.45) is 0.281. The monoisotopic (exact) mass is 542 g/mol. The van der Waals surface area contributed by atoms with Crippen LogP contribution in [0.15, 0.2) is 42.5 Å². The maximum Gasteiger partial charge on any atom is 0.344 e. The molecule has 10 heteroatoms. The normalized spacial score (nSPS) is 14.8. The average molecular weight is 543 g/mol. The van der Waals surface area contributed by atoms with Crippen LogP contribution >= 0.6 is 0 Å². The second kappa shape index (κ2) is 10.5. The first kappa shape index (κ1) is 27.0. The van der Waals surface area contributed by atoms with Crippen molar-refractivity contribution in [2.45, 2.75) is 52.7 Å². The number of benzene rings is 3. The van der Waals surface area contributed by atoms with E-state index >= 15 is 0 Å². The van der Waals surface area contributed by atoms with Gasteiger partial charge in [-0.05, 0) is 45.2 Å². The van der Waals surface area contributed by atoms with E-state index < -0.39 is 12.1 Å². The molecule has 1 aromatic heterocycles. The minimum atomic E-state index is -1.08. The Balaban J connectivity index is 1.67. The van der Waals surface area contributed by atoms with Gasteiger partial charge in [-0.1, -0.05) is 24.3 Å². The average Bonchev–Trinajstić information content (AvgIpc) is 3.25. The minimum absolute atomic E-state index is 0.0000841. The number of rotatable bonds is 7. The molecule has 2 heterocycles. The van der Waals surface area contributed by atoms with Crippen molar-refractivity contribution in [3.8, 4) is 17.2 Å².